The van der Waals surface area contributed by atoms with Crippen LogP contribution < -0.4 is 11.1 Å². The van der Waals surface area contributed by atoms with Crippen molar-refractivity contribution in [2.24, 2.45) is 5.73 Å². The number of hydrogen-bond acceptors (Lipinski definition) is 3. The van der Waals surface area contributed by atoms with Crippen LogP contribution in [0.3, 0.4) is 0 Å². The Labute approximate surface area is 107 Å². The van der Waals surface area contributed by atoms with Crippen molar-refractivity contribution in [2.45, 2.75) is 52.1 Å². The number of carbonyl (C=O) groups is 1. The molecule has 3 nitrogen and oxygen atoms in total. The summed E-state index contributed by atoms with van der Waals surface area (Å²) in [6, 6.07) is 4.53. The van der Waals surface area contributed by atoms with Gasteiger partial charge < -0.3 is 11.1 Å². The van der Waals surface area contributed by atoms with Gasteiger partial charge in [0, 0.05) is 34.7 Å². The Morgan fingerprint density at radius 3 is 2.71 bits per heavy atom. The lowest BCUT2D eigenvalue weighted by atomic mass is 10.1. The van der Waals surface area contributed by atoms with Crippen LogP contribution in [0.2, 0.25) is 0 Å². The van der Waals surface area contributed by atoms with E-state index in [2.05, 4.69) is 24.4 Å². The van der Waals surface area contributed by atoms with E-state index in [9.17, 15) is 4.79 Å². The van der Waals surface area contributed by atoms with E-state index in [-0.39, 0.29) is 18.0 Å². The average molecular weight is 254 g/mol. The molecule has 96 valence electrons. The molecule has 1 amide bonds. The van der Waals surface area contributed by atoms with Gasteiger partial charge in [0.1, 0.15) is 0 Å². The largest absolute Gasteiger partial charge is 0.353 e. The predicted molar refractivity (Wildman–Crippen MR) is 73.2 cm³/mol. The van der Waals surface area contributed by atoms with Crippen LogP contribution >= 0.6 is 11.3 Å². The monoisotopic (exact) mass is 254 g/mol. The Kier molecular flexibility index (Phi) is 5.65. The van der Waals surface area contributed by atoms with Crippen molar-refractivity contribution >= 4 is 17.2 Å². The molecule has 1 heterocycles. The van der Waals surface area contributed by atoms with Gasteiger partial charge in [-0.3, -0.25) is 4.79 Å². The minimum Gasteiger partial charge on any atom is -0.353 e. The van der Waals surface area contributed by atoms with Crippen LogP contribution in [0.5, 0.6) is 0 Å². The second kappa shape index (κ2) is 6.77. The van der Waals surface area contributed by atoms with Gasteiger partial charge in [0.15, 0.2) is 0 Å². The highest BCUT2D eigenvalue weighted by Crippen LogP contribution is 2.16. The molecule has 2 unspecified atom stereocenters. The number of rotatable bonds is 6. The number of nitrogens with two attached hydrogens (primary N) is 1. The van der Waals surface area contributed by atoms with E-state index in [0.29, 0.717) is 6.42 Å². The molecule has 3 N–H and O–H groups in total. The van der Waals surface area contributed by atoms with Crippen LogP contribution in [0, 0.1) is 6.92 Å². The van der Waals surface area contributed by atoms with E-state index in [1.54, 1.807) is 11.3 Å². The zero-order valence-corrected chi connectivity index (χ0v) is 11.6. The summed E-state index contributed by atoms with van der Waals surface area (Å²) >= 11 is 1.79. The Hall–Kier alpha value is -0.870. The standard InChI is InChI=1S/C13H22N2OS/c1-9(14)4-7-13(16)15-10(2)8-12-6-5-11(3)17-12/h5-6,9-10H,4,7-8,14H2,1-3H3,(H,15,16). The molecular formula is C13H22N2OS. The summed E-state index contributed by atoms with van der Waals surface area (Å²) in [5.41, 5.74) is 5.62. The summed E-state index contributed by atoms with van der Waals surface area (Å²) in [7, 11) is 0. The maximum atomic E-state index is 11.6. The molecule has 0 radical (unpaired) electrons. The molecule has 0 saturated heterocycles. The number of aryl methyl sites for hydroxylation is 1. The van der Waals surface area contributed by atoms with Gasteiger partial charge in [0.25, 0.3) is 0 Å². The normalized spacial score (nSPS) is 14.4. The van der Waals surface area contributed by atoms with Gasteiger partial charge in [-0.05, 0) is 39.3 Å². The van der Waals surface area contributed by atoms with E-state index < -0.39 is 0 Å². The van der Waals surface area contributed by atoms with Crippen LogP contribution in [0.4, 0.5) is 0 Å². The highest BCUT2D eigenvalue weighted by molar-refractivity contribution is 7.11. The molecule has 2 atom stereocenters. The molecule has 0 spiro atoms. The van der Waals surface area contributed by atoms with Gasteiger partial charge in [0.05, 0.1) is 0 Å². The summed E-state index contributed by atoms with van der Waals surface area (Å²) in [5, 5.41) is 3.01. The number of amides is 1. The fraction of sp³-hybridized carbons (Fsp3) is 0.615. The number of nitrogens with one attached hydrogen (secondary N) is 1. The number of hydrogen-bond donors (Lipinski definition) is 2. The Bertz CT molecular complexity index is 360. The molecule has 1 aromatic rings. The quantitative estimate of drug-likeness (QED) is 0.818. The van der Waals surface area contributed by atoms with E-state index in [1.807, 2.05) is 13.8 Å². The smallest absolute Gasteiger partial charge is 0.220 e. The molecule has 1 aromatic heterocycles. The molecule has 0 aliphatic rings. The van der Waals surface area contributed by atoms with Crippen LogP contribution in [0.15, 0.2) is 12.1 Å². The first kappa shape index (κ1) is 14.2. The fourth-order valence-electron chi connectivity index (χ4n) is 1.65. The first-order chi connectivity index (χ1) is 7.97. The van der Waals surface area contributed by atoms with Gasteiger partial charge in [-0.15, -0.1) is 11.3 Å². The van der Waals surface area contributed by atoms with Gasteiger partial charge in [-0.2, -0.15) is 0 Å². The van der Waals surface area contributed by atoms with Gasteiger partial charge >= 0.3 is 0 Å². The van der Waals surface area contributed by atoms with Crippen molar-refractivity contribution in [1.29, 1.82) is 0 Å². The van der Waals surface area contributed by atoms with E-state index >= 15 is 0 Å². The lowest BCUT2D eigenvalue weighted by Crippen LogP contribution is -2.34. The third-order valence-electron chi connectivity index (χ3n) is 2.54. The summed E-state index contributed by atoms with van der Waals surface area (Å²) in [6.07, 6.45) is 2.17. The Morgan fingerprint density at radius 1 is 1.47 bits per heavy atom. The van der Waals surface area contributed by atoms with Crippen molar-refractivity contribution in [3.63, 3.8) is 0 Å². The maximum absolute atomic E-state index is 11.6. The molecular weight excluding hydrogens is 232 g/mol. The third kappa shape index (κ3) is 5.84. The van der Waals surface area contributed by atoms with Crippen LogP contribution in [0.1, 0.15) is 36.4 Å². The van der Waals surface area contributed by atoms with Gasteiger partial charge in [-0.25, -0.2) is 0 Å². The molecule has 0 aliphatic carbocycles. The summed E-state index contributed by atoms with van der Waals surface area (Å²) < 4.78 is 0. The van der Waals surface area contributed by atoms with E-state index in [4.69, 9.17) is 5.73 Å². The topological polar surface area (TPSA) is 55.1 Å². The fourth-order valence-corrected chi connectivity index (χ4v) is 2.67. The summed E-state index contributed by atoms with van der Waals surface area (Å²) in [6.45, 7) is 6.06. The molecule has 0 saturated carbocycles. The van der Waals surface area contributed by atoms with Crippen molar-refractivity contribution < 1.29 is 4.79 Å². The zero-order valence-electron chi connectivity index (χ0n) is 10.8. The average Bonchev–Trinajstić information content (AvgIpc) is 2.60. The number of thiophene rings is 1. The molecule has 0 aromatic carbocycles. The SMILES string of the molecule is Cc1ccc(CC(C)NC(=O)CCC(C)N)s1. The second-order valence-corrected chi connectivity index (χ2v) is 6.07. The maximum Gasteiger partial charge on any atom is 0.220 e. The van der Waals surface area contributed by atoms with Crippen molar-refractivity contribution in [3.05, 3.63) is 21.9 Å². The second-order valence-electron chi connectivity index (χ2n) is 4.70. The molecule has 0 aliphatic heterocycles. The molecule has 4 heteroatoms. The summed E-state index contributed by atoms with van der Waals surface area (Å²) in [4.78, 5) is 14.2. The summed E-state index contributed by atoms with van der Waals surface area (Å²) in [5.74, 6) is 0.100. The van der Waals surface area contributed by atoms with E-state index in [1.165, 1.54) is 9.75 Å². The highest BCUT2D eigenvalue weighted by Gasteiger charge is 2.09. The Morgan fingerprint density at radius 2 is 2.18 bits per heavy atom. The first-order valence-corrected chi connectivity index (χ1v) is 6.89. The first-order valence-electron chi connectivity index (χ1n) is 6.07. The van der Waals surface area contributed by atoms with Crippen LogP contribution in [-0.2, 0) is 11.2 Å². The molecule has 0 fully saturated rings. The molecule has 0 bridgehead atoms. The van der Waals surface area contributed by atoms with E-state index in [0.717, 1.165) is 12.8 Å². The van der Waals surface area contributed by atoms with Crippen LogP contribution in [-0.4, -0.2) is 18.0 Å². The minimum atomic E-state index is 0.0935. The minimum absolute atomic E-state index is 0.0935. The predicted octanol–water partition coefficient (Wildman–Crippen LogP) is 2.23. The lowest BCUT2D eigenvalue weighted by Gasteiger charge is -2.13. The van der Waals surface area contributed by atoms with Crippen LogP contribution in [0.25, 0.3) is 0 Å². The van der Waals surface area contributed by atoms with Gasteiger partial charge in [0.2, 0.25) is 5.91 Å². The van der Waals surface area contributed by atoms with Gasteiger partial charge in [-0.1, -0.05) is 0 Å². The molecule has 17 heavy (non-hydrogen) atoms. The highest BCUT2D eigenvalue weighted by atomic mass is 32.1. The third-order valence-corrected chi connectivity index (χ3v) is 3.56. The van der Waals surface area contributed by atoms with Crippen molar-refractivity contribution in [1.82, 2.24) is 5.32 Å². The Balaban J connectivity index is 2.29. The molecule has 1 rings (SSSR count). The lowest BCUT2D eigenvalue weighted by molar-refractivity contribution is -0.121. The van der Waals surface area contributed by atoms with Crippen molar-refractivity contribution in [2.75, 3.05) is 0 Å². The van der Waals surface area contributed by atoms with Crippen molar-refractivity contribution in [3.8, 4) is 0 Å². The zero-order chi connectivity index (χ0) is 12.8. The number of carbonyl (C=O) groups excluding carboxylic acids is 1.